The van der Waals surface area contributed by atoms with Gasteiger partial charge in [-0.25, -0.2) is 4.79 Å². The van der Waals surface area contributed by atoms with Crippen LogP contribution < -0.4 is 47.9 Å². The summed E-state index contributed by atoms with van der Waals surface area (Å²) in [6.45, 7) is 29.3. The van der Waals surface area contributed by atoms with Gasteiger partial charge < -0.3 is 52.6 Å². The van der Waals surface area contributed by atoms with Crippen molar-refractivity contribution in [2.45, 2.75) is 201 Å². The van der Waals surface area contributed by atoms with Gasteiger partial charge in [0, 0.05) is 4.91 Å². The first-order valence-corrected chi connectivity index (χ1v) is 20.8. The summed E-state index contributed by atoms with van der Waals surface area (Å²) in [5.74, 6) is -7.75. The molecule has 0 aliphatic heterocycles. The van der Waals surface area contributed by atoms with Gasteiger partial charge in [-0.3, -0.25) is 43.2 Å². The van der Waals surface area contributed by atoms with Crippen molar-refractivity contribution in [3.63, 3.8) is 0 Å². The summed E-state index contributed by atoms with van der Waals surface area (Å²) >= 11 is 0. The molecule has 0 radical (unpaired) electrons. The third kappa shape index (κ3) is 17.5. The molecule has 0 aromatic heterocycles. The van der Waals surface area contributed by atoms with Crippen LogP contribution in [-0.2, 0) is 52.7 Å². The van der Waals surface area contributed by atoms with E-state index in [4.69, 9.17) is 10.3 Å². The maximum Gasteiger partial charge on any atom is 0.331 e. The van der Waals surface area contributed by atoms with Gasteiger partial charge in [0.05, 0.1) is 0 Å². The molecule has 0 aromatic rings. The van der Waals surface area contributed by atoms with Gasteiger partial charge in [-0.15, -0.1) is 0 Å². The van der Waals surface area contributed by atoms with Crippen LogP contribution in [0.15, 0.2) is 5.11 Å². The van der Waals surface area contributed by atoms with Gasteiger partial charge in [0.25, 0.3) is 0 Å². The third-order valence-corrected chi connectivity index (χ3v) is 9.59. The van der Waals surface area contributed by atoms with E-state index >= 15 is 0 Å². The topological polar surface area (TPSA) is 337 Å². The van der Waals surface area contributed by atoms with Gasteiger partial charge >= 0.3 is 5.97 Å². The summed E-state index contributed by atoms with van der Waals surface area (Å²) in [7, 11) is 0. The fourth-order valence-electron chi connectivity index (χ4n) is 4.92. The highest BCUT2D eigenvalue weighted by Crippen LogP contribution is 2.19. The quantitative estimate of drug-likeness (QED) is 0.0269. The molecule has 9 amide bonds. The summed E-state index contributed by atoms with van der Waals surface area (Å²) in [5, 5.41) is 26.0. The van der Waals surface area contributed by atoms with Crippen LogP contribution in [0.4, 0.5) is 0 Å². The molecule has 368 valence electrons. The Labute approximate surface area is 382 Å². The van der Waals surface area contributed by atoms with Crippen molar-refractivity contribution in [2.24, 2.45) is 5.11 Å². The Morgan fingerprint density at radius 1 is 0.354 bits per heavy atom. The number of azide groups is 1. The SMILES string of the molecule is CC(C)(C)OC(=O)C(C)(C)NC(=O)C(C)(C)NC(=O)C(C)(C)NC(=O)C(C)(C)NC(=O)C([13CH3])([13CH3])NC(=O)C(C)(C)NC(=O)C(C)(C)NC(=O)C(C)(C)NC(=O)C(C)(C)NC(=O)CN=[N+]=[N-]. The monoisotopic (exact) mass is 925 g/mol. The van der Waals surface area contributed by atoms with E-state index in [0.717, 1.165) is 0 Å². The lowest BCUT2D eigenvalue weighted by atomic mass is 9.95. The highest BCUT2D eigenvalue weighted by atomic mass is 16.6. The molecular formula is C42H74N12O11. The first-order valence-electron chi connectivity index (χ1n) is 20.8. The molecule has 23 heteroatoms. The second kappa shape index (κ2) is 20.0. The minimum absolute atomic E-state index is 0.551. The minimum atomic E-state index is -1.70. The molecule has 0 saturated heterocycles. The predicted octanol–water partition coefficient (Wildman–Crippen LogP) is 0.692. The lowest BCUT2D eigenvalue weighted by Gasteiger charge is -2.38. The maximum absolute atomic E-state index is 13.6. The van der Waals surface area contributed by atoms with Crippen LogP contribution in [0.3, 0.4) is 0 Å². The number of rotatable bonds is 20. The summed E-state index contributed by atoms with van der Waals surface area (Å²) in [6, 6.07) is 0. The minimum Gasteiger partial charge on any atom is -0.458 e. The molecule has 0 aliphatic carbocycles. The Hall–Kier alpha value is -5.99. The van der Waals surface area contributed by atoms with Crippen molar-refractivity contribution >= 4 is 59.1 Å². The molecule has 9 N–H and O–H groups in total. The Morgan fingerprint density at radius 2 is 0.538 bits per heavy atom. The van der Waals surface area contributed by atoms with E-state index in [1.165, 1.54) is 125 Å². The van der Waals surface area contributed by atoms with Gasteiger partial charge in [-0.1, -0.05) is 5.11 Å². The number of nitrogens with one attached hydrogen (secondary N) is 9. The van der Waals surface area contributed by atoms with Crippen molar-refractivity contribution in [1.82, 2.24) is 47.9 Å². The van der Waals surface area contributed by atoms with Crippen LogP contribution in [0.2, 0.25) is 0 Å². The second-order valence-electron chi connectivity index (χ2n) is 21.7. The Balaban J connectivity index is 5.76. The number of amides is 9. The van der Waals surface area contributed by atoms with E-state index in [1.807, 2.05) is 0 Å². The lowest BCUT2D eigenvalue weighted by molar-refractivity contribution is -0.163. The molecule has 0 aliphatic rings. The maximum atomic E-state index is 13.6. The van der Waals surface area contributed by atoms with Crippen LogP contribution >= 0.6 is 0 Å². The normalized spacial score (nSPS) is 13.1. The van der Waals surface area contributed by atoms with Crippen molar-refractivity contribution < 1.29 is 52.7 Å². The van der Waals surface area contributed by atoms with Crippen molar-refractivity contribution in [3.05, 3.63) is 10.4 Å². The van der Waals surface area contributed by atoms with Crippen LogP contribution in [0.5, 0.6) is 0 Å². The lowest BCUT2D eigenvalue weighted by Crippen LogP contribution is -2.70. The van der Waals surface area contributed by atoms with E-state index in [1.54, 1.807) is 20.8 Å². The van der Waals surface area contributed by atoms with E-state index in [2.05, 4.69) is 57.9 Å². The fourth-order valence-corrected chi connectivity index (χ4v) is 4.92. The van der Waals surface area contributed by atoms with E-state index in [0.29, 0.717) is 0 Å². The number of carbonyl (C=O) groups excluding carboxylic acids is 10. The molecule has 0 heterocycles. The zero-order valence-corrected chi connectivity index (χ0v) is 42.0. The average molecular weight is 925 g/mol. The second-order valence-corrected chi connectivity index (χ2v) is 21.7. The number of esters is 1. The molecule has 0 spiro atoms. The number of carbonyl (C=O) groups is 10. The Bertz CT molecular complexity index is 1970. The smallest absolute Gasteiger partial charge is 0.331 e. The molecule has 0 atom stereocenters. The van der Waals surface area contributed by atoms with Crippen LogP contribution in [0.1, 0.15) is 145 Å². The summed E-state index contributed by atoms with van der Waals surface area (Å²) in [4.78, 5) is 135. The molecule has 0 unspecified atom stereocenters. The van der Waals surface area contributed by atoms with Gasteiger partial charge in [0.15, 0.2) is 0 Å². The molecule has 65 heavy (non-hydrogen) atoms. The van der Waals surface area contributed by atoms with E-state index in [9.17, 15) is 47.9 Å². The number of nitrogens with zero attached hydrogens (tertiary/aromatic N) is 3. The summed E-state index contributed by atoms with van der Waals surface area (Å²) < 4.78 is 5.39. The van der Waals surface area contributed by atoms with Gasteiger partial charge in [-0.2, -0.15) is 0 Å². The van der Waals surface area contributed by atoms with Gasteiger partial charge in [-0.05, 0) is 151 Å². The van der Waals surface area contributed by atoms with Crippen molar-refractivity contribution in [1.29, 1.82) is 0 Å². The van der Waals surface area contributed by atoms with E-state index in [-0.39, 0.29) is 0 Å². The standard InChI is InChI=1S/C42H74N12O11/c1-33(2,3)65-32(64)42(20,21)53-31(63)41(18,19)52-30(62)40(16,17)51-29(61)39(14,15)50-28(60)38(12,13)49-27(59)37(10,11)48-26(58)36(8,9)47-25(57)35(6,7)46-24(56)34(4,5)45-23(55)22-44-54-43/h22H2,1-21H3,(H,45,55)(H,46,56)(H,47,57)(H,48,58)(H,49,59)(H,50,60)(H,51,61)(H,52,62)(H,53,63)/i12+1,13+1. The zero-order chi connectivity index (χ0) is 52.0. The first kappa shape index (κ1) is 59.0. The molecule has 0 bridgehead atoms. The molecule has 0 saturated carbocycles. The number of hydrogen-bond acceptors (Lipinski definition) is 12. The zero-order valence-electron chi connectivity index (χ0n) is 42.0. The average Bonchev–Trinajstić information content (AvgIpc) is 3.08. The van der Waals surface area contributed by atoms with Crippen molar-refractivity contribution in [2.75, 3.05) is 6.54 Å². The number of hydrogen-bond donors (Lipinski definition) is 9. The van der Waals surface area contributed by atoms with Crippen LogP contribution in [0, 0.1) is 0 Å². The summed E-state index contributed by atoms with van der Waals surface area (Å²) in [5.41, 5.74) is -6.96. The highest BCUT2D eigenvalue weighted by Gasteiger charge is 2.46. The third-order valence-electron chi connectivity index (χ3n) is 9.59. The molecule has 23 nitrogen and oxygen atoms in total. The van der Waals surface area contributed by atoms with E-state index < -0.39 is 121 Å². The first-order chi connectivity index (χ1) is 28.6. The Morgan fingerprint density at radius 3 is 0.723 bits per heavy atom. The molecule has 0 aromatic carbocycles. The van der Waals surface area contributed by atoms with Crippen LogP contribution in [-0.4, -0.2) is 121 Å². The van der Waals surface area contributed by atoms with Crippen LogP contribution in [0.25, 0.3) is 10.4 Å². The van der Waals surface area contributed by atoms with Gasteiger partial charge in [0.1, 0.15) is 62.0 Å². The van der Waals surface area contributed by atoms with Crippen molar-refractivity contribution in [3.8, 4) is 0 Å². The van der Waals surface area contributed by atoms with Gasteiger partial charge in [0.2, 0.25) is 53.2 Å². The number of ether oxygens (including phenoxy) is 1. The summed E-state index contributed by atoms with van der Waals surface area (Å²) in [6.07, 6.45) is 0. The highest BCUT2D eigenvalue weighted by molar-refractivity contribution is 6.03. The Kier molecular flexibility index (Phi) is 18.2. The fraction of sp³-hybridized carbons (Fsp3) is 0.762. The molecular weight excluding hydrogens is 851 g/mol. The molecule has 0 rings (SSSR count). The predicted molar refractivity (Wildman–Crippen MR) is 240 cm³/mol. The largest absolute Gasteiger partial charge is 0.458 e. The molecule has 0 fully saturated rings.